The second-order valence-corrected chi connectivity index (χ2v) is 5.28. The van der Waals surface area contributed by atoms with Gasteiger partial charge in [0.25, 0.3) is 0 Å². The van der Waals surface area contributed by atoms with Gasteiger partial charge >= 0.3 is 0 Å². The molecule has 1 aromatic carbocycles. The van der Waals surface area contributed by atoms with Crippen LogP contribution >= 0.6 is 12.4 Å². The highest BCUT2D eigenvalue weighted by Crippen LogP contribution is 2.13. The van der Waals surface area contributed by atoms with Crippen molar-refractivity contribution in [1.82, 2.24) is 4.90 Å². The van der Waals surface area contributed by atoms with Crippen LogP contribution in [0.15, 0.2) is 24.3 Å². The van der Waals surface area contributed by atoms with Gasteiger partial charge in [0.2, 0.25) is 5.91 Å². The Kier molecular flexibility index (Phi) is 8.26. The molecule has 0 spiro atoms. The van der Waals surface area contributed by atoms with Gasteiger partial charge in [-0.25, -0.2) is 0 Å². The number of hydrogen-bond donors (Lipinski definition) is 1. The molecule has 1 aromatic rings. The number of halogens is 1. The average molecular weight is 301 g/mol. The first-order valence-electron chi connectivity index (χ1n) is 6.57. The third-order valence-electron chi connectivity index (χ3n) is 3.00. The topological polar surface area (TPSA) is 55.6 Å². The van der Waals surface area contributed by atoms with Crippen molar-refractivity contribution in [3.63, 3.8) is 0 Å². The number of carbonyl (C=O) groups excluding carboxylic acids is 1. The van der Waals surface area contributed by atoms with Crippen LogP contribution in [0.25, 0.3) is 0 Å². The quantitative estimate of drug-likeness (QED) is 0.878. The summed E-state index contributed by atoms with van der Waals surface area (Å²) in [7, 11) is 3.42. The van der Waals surface area contributed by atoms with Crippen molar-refractivity contribution in [2.75, 3.05) is 14.2 Å². The van der Waals surface area contributed by atoms with E-state index in [-0.39, 0.29) is 18.3 Å². The molecule has 1 amide bonds. The fourth-order valence-electron chi connectivity index (χ4n) is 1.97. The summed E-state index contributed by atoms with van der Waals surface area (Å²) < 4.78 is 5.10. The van der Waals surface area contributed by atoms with Crippen molar-refractivity contribution in [1.29, 1.82) is 0 Å². The van der Waals surface area contributed by atoms with Crippen molar-refractivity contribution in [3.8, 4) is 5.75 Å². The molecule has 4 nitrogen and oxygen atoms in total. The first-order valence-corrected chi connectivity index (χ1v) is 6.57. The molecule has 0 radical (unpaired) electrons. The van der Waals surface area contributed by atoms with Crippen LogP contribution in [0.4, 0.5) is 0 Å². The highest BCUT2D eigenvalue weighted by molar-refractivity contribution is 5.85. The Morgan fingerprint density at radius 3 is 2.30 bits per heavy atom. The minimum atomic E-state index is -0.414. The van der Waals surface area contributed by atoms with Crippen molar-refractivity contribution < 1.29 is 9.53 Å². The molecule has 20 heavy (non-hydrogen) atoms. The maximum Gasteiger partial charge on any atom is 0.239 e. The van der Waals surface area contributed by atoms with Crippen LogP contribution in [-0.2, 0) is 11.3 Å². The van der Waals surface area contributed by atoms with Gasteiger partial charge in [-0.3, -0.25) is 4.79 Å². The van der Waals surface area contributed by atoms with Crippen molar-refractivity contribution >= 4 is 18.3 Å². The molecular weight excluding hydrogens is 276 g/mol. The smallest absolute Gasteiger partial charge is 0.239 e. The van der Waals surface area contributed by atoms with E-state index >= 15 is 0 Å². The van der Waals surface area contributed by atoms with Crippen LogP contribution in [0.5, 0.6) is 5.75 Å². The minimum Gasteiger partial charge on any atom is -0.497 e. The lowest BCUT2D eigenvalue weighted by Crippen LogP contribution is -2.42. The zero-order valence-electron chi connectivity index (χ0n) is 12.6. The van der Waals surface area contributed by atoms with Crippen LogP contribution in [0, 0.1) is 5.92 Å². The third-order valence-corrected chi connectivity index (χ3v) is 3.00. The second-order valence-electron chi connectivity index (χ2n) is 5.28. The van der Waals surface area contributed by atoms with Crippen LogP contribution in [0.1, 0.15) is 25.8 Å². The van der Waals surface area contributed by atoms with Gasteiger partial charge in [-0.15, -0.1) is 12.4 Å². The Labute approximate surface area is 127 Å². The number of amides is 1. The van der Waals surface area contributed by atoms with E-state index in [1.165, 1.54) is 0 Å². The minimum absolute atomic E-state index is 0. The Morgan fingerprint density at radius 2 is 1.85 bits per heavy atom. The summed E-state index contributed by atoms with van der Waals surface area (Å²) in [6.45, 7) is 4.70. The van der Waals surface area contributed by atoms with Crippen LogP contribution in [0.2, 0.25) is 0 Å². The van der Waals surface area contributed by atoms with E-state index in [1.807, 2.05) is 24.3 Å². The van der Waals surface area contributed by atoms with Gasteiger partial charge in [0, 0.05) is 13.6 Å². The van der Waals surface area contributed by atoms with Gasteiger partial charge in [0.1, 0.15) is 5.75 Å². The summed E-state index contributed by atoms with van der Waals surface area (Å²) in [6, 6.07) is 7.28. The fourth-order valence-corrected chi connectivity index (χ4v) is 1.97. The third kappa shape index (κ3) is 5.80. The molecule has 0 heterocycles. The number of nitrogens with zero attached hydrogens (tertiary/aromatic N) is 1. The summed E-state index contributed by atoms with van der Waals surface area (Å²) in [6.07, 6.45) is 0.714. The lowest BCUT2D eigenvalue weighted by atomic mass is 10.0. The summed E-state index contributed by atoms with van der Waals surface area (Å²) in [5.74, 6) is 1.23. The maximum atomic E-state index is 12.1. The standard InChI is InChI=1S/C15H24N2O2.ClH/c1-11(2)9-14(16)15(18)17(3)10-12-5-7-13(19-4)8-6-12;/h5-8,11,14H,9-10,16H2,1-4H3;1H/t14-;/m0./s1. The highest BCUT2D eigenvalue weighted by Gasteiger charge is 2.19. The number of carbonyl (C=O) groups is 1. The van der Waals surface area contributed by atoms with Crippen LogP contribution in [0.3, 0.4) is 0 Å². The van der Waals surface area contributed by atoms with Crippen LogP contribution < -0.4 is 10.5 Å². The highest BCUT2D eigenvalue weighted by atomic mass is 35.5. The van der Waals surface area contributed by atoms with E-state index in [0.717, 1.165) is 11.3 Å². The second kappa shape index (κ2) is 8.82. The zero-order chi connectivity index (χ0) is 14.4. The summed E-state index contributed by atoms with van der Waals surface area (Å²) in [4.78, 5) is 13.8. The van der Waals surface area contributed by atoms with Gasteiger partial charge in [-0.2, -0.15) is 0 Å². The number of benzene rings is 1. The molecule has 0 saturated carbocycles. The SMILES string of the molecule is COc1ccc(CN(C)C(=O)[C@@H](N)CC(C)C)cc1.Cl. The molecule has 0 aliphatic rings. The first kappa shape index (κ1) is 18.7. The largest absolute Gasteiger partial charge is 0.497 e. The molecule has 5 heteroatoms. The average Bonchev–Trinajstić information content (AvgIpc) is 2.37. The monoisotopic (exact) mass is 300 g/mol. The molecule has 0 bridgehead atoms. The summed E-state index contributed by atoms with van der Waals surface area (Å²) in [5, 5.41) is 0. The predicted molar refractivity (Wildman–Crippen MR) is 84.1 cm³/mol. The van der Waals surface area contributed by atoms with Gasteiger partial charge in [0.05, 0.1) is 13.2 Å². The number of nitrogens with two attached hydrogens (primary N) is 1. The Bertz CT molecular complexity index is 407. The first-order chi connectivity index (χ1) is 8.93. The van der Waals surface area contributed by atoms with Crippen molar-refractivity contribution in [3.05, 3.63) is 29.8 Å². The van der Waals surface area contributed by atoms with Crippen molar-refractivity contribution in [2.45, 2.75) is 32.9 Å². The molecule has 1 rings (SSSR count). The Balaban J connectivity index is 0.00000361. The zero-order valence-corrected chi connectivity index (χ0v) is 13.4. The molecule has 0 saturated heterocycles. The molecule has 0 aromatic heterocycles. The molecular formula is C15H25ClN2O2. The molecule has 0 aliphatic carbocycles. The number of likely N-dealkylation sites (N-methyl/N-ethyl adjacent to an activating group) is 1. The van der Waals surface area contributed by atoms with Gasteiger partial charge in [-0.1, -0.05) is 26.0 Å². The maximum absolute atomic E-state index is 12.1. The number of hydrogen-bond acceptors (Lipinski definition) is 3. The predicted octanol–water partition coefficient (Wildman–Crippen LogP) is 2.45. The van der Waals surface area contributed by atoms with E-state index in [2.05, 4.69) is 13.8 Å². The van der Waals surface area contributed by atoms with E-state index in [0.29, 0.717) is 18.9 Å². The lowest BCUT2D eigenvalue weighted by molar-refractivity contribution is -0.132. The Hall–Kier alpha value is -1.26. The lowest BCUT2D eigenvalue weighted by Gasteiger charge is -2.22. The molecule has 0 aliphatic heterocycles. The molecule has 1 atom stereocenters. The normalized spacial score (nSPS) is 11.7. The molecule has 0 fully saturated rings. The number of ether oxygens (including phenoxy) is 1. The van der Waals surface area contributed by atoms with E-state index < -0.39 is 6.04 Å². The Morgan fingerprint density at radius 1 is 1.30 bits per heavy atom. The van der Waals surface area contributed by atoms with Crippen molar-refractivity contribution in [2.24, 2.45) is 11.7 Å². The van der Waals surface area contributed by atoms with E-state index in [1.54, 1.807) is 19.1 Å². The molecule has 114 valence electrons. The molecule has 2 N–H and O–H groups in total. The number of methoxy groups -OCH3 is 1. The van der Waals surface area contributed by atoms with Gasteiger partial charge in [-0.05, 0) is 30.0 Å². The van der Waals surface area contributed by atoms with Crippen LogP contribution in [-0.4, -0.2) is 31.0 Å². The van der Waals surface area contributed by atoms with E-state index in [9.17, 15) is 4.79 Å². The summed E-state index contributed by atoms with van der Waals surface area (Å²) in [5.41, 5.74) is 6.97. The van der Waals surface area contributed by atoms with E-state index in [4.69, 9.17) is 10.5 Å². The summed E-state index contributed by atoms with van der Waals surface area (Å²) >= 11 is 0. The fraction of sp³-hybridized carbons (Fsp3) is 0.533. The van der Waals surface area contributed by atoms with Gasteiger partial charge in [0.15, 0.2) is 0 Å². The van der Waals surface area contributed by atoms with Gasteiger partial charge < -0.3 is 15.4 Å². The molecule has 0 unspecified atom stereocenters. The number of rotatable bonds is 6.